The van der Waals surface area contributed by atoms with Gasteiger partial charge in [-0.25, -0.2) is 0 Å². The fraction of sp³-hybridized carbons (Fsp3) is 0.917. The van der Waals surface area contributed by atoms with Gasteiger partial charge in [0.25, 0.3) is 0 Å². The molecule has 0 amide bonds. The number of guanidine groups is 1. The minimum atomic E-state index is 0.625. The second-order valence-electron chi connectivity index (χ2n) is 4.16. The van der Waals surface area contributed by atoms with E-state index in [0.717, 1.165) is 25.6 Å². The average molecular weight is 244 g/mol. The third-order valence-corrected chi connectivity index (χ3v) is 2.92. The van der Waals surface area contributed by atoms with Crippen LogP contribution in [-0.4, -0.2) is 64.3 Å². The Morgan fingerprint density at radius 1 is 1.35 bits per heavy atom. The molecule has 0 saturated carbocycles. The molecule has 0 aromatic carbocycles. The van der Waals surface area contributed by atoms with Gasteiger partial charge in [0.15, 0.2) is 5.96 Å². The van der Waals surface area contributed by atoms with Gasteiger partial charge in [-0.1, -0.05) is 6.92 Å². The van der Waals surface area contributed by atoms with E-state index in [1.54, 1.807) is 14.2 Å². The lowest BCUT2D eigenvalue weighted by atomic mass is 10.2. The second-order valence-corrected chi connectivity index (χ2v) is 4.16. The summed E-state index contributed by atoms with van der Waals surface area (Å²) < 4.78 is 4.97. The molecular weight excluding hydrogens is 216 g/mol. The van der Waals surface area contributed by atoms with Gasteiger partial charge >= 0.3 is 0 Å². The van der Waals surface area contributed by atoms with Crippen molar-refractivity contribution >= 4 is 5.96 Å². The SMILES string of the molecule is CCC(C)N(C)CCNC(=NC)NCCOC. The molecule has 0 heterocycles. The summed E-state index contributed by atoms with van der Waals surface area (Å²) in [6.45, 7) is 7.82. The zero-order valence-electron chi connectivity index (χ0n) is 11.9. The topological polar surface area (TPSA) is 48.9 Å². The van der Waals surface area contributed by atoms with Crippen LogP contribution in [0.1, 0.15) is 20.3 Å². The second kappa shape index (κ2) is 10.4. The maximum atomic E-state index is 4.97. The Bertz CT molecular complexity index is 209. The number of methoxy groups -OCH3 is 1. The summed E-state index contributed by atoms with van der Waals surface area (Å²) in [5.41, 5.74) is 0. The summed E-state index contributed by atoms with van der Waals surface area (Å²) >= 11 is 0. The van der Waals surface area contributed by atoms with Gasteiger partial charge in [0.2, 0.25) is 0 Å². The van der Waals surface area contributed by atoms with Crippen LogP contribution in [0.3, 0.4) is 0 Å². The number of nitrogens with one attached hydrogen (secondary N) is 2. The predicted octanol–water partition coefficient (Wildman–Crippen LogP) is 0.528. The van der Waals surface area contributed by atoms with Crippen molar-refractivity contribution in [2.24, 2.45) is 4.99 Å². The summed E-state index contributed by atoms with van der Waals surface area (Å²) in [7, 11) is 5.62. The molecule has 2 N–H and O–H groups in total. The van der Waals surface area contributed by atoms with E-state index < -0.39 is 0 Å². The number of aliphatic imine (C=N–C) groups is 1. The van der Waals surface area contributed by atoms with Crippen LogP contribution in [0, 0.1) is 0 Å². The van der Waals surface area contributed by atoms with E-state index in [1.807, 2.05) is 0 Å². The number of hydrogen-bond donors (Lipinski definition) is 2. The van der Waals surface area contributed by atoms with Crippen LogP contribution in [0.2, 0.25) is 0 Å². The molecule has 102 valence electrons. The molecule has 0 rings (SSSR count). The van der Waals surface area contributed by atoms with Crippen molar-refractivity contribution in [3.8, 4) is 0 Å². The molecule has 0 aromatic heterocycles. The van der Waals surface area contributed by atoms with Crippen LogP contribution in [-0.2, 0) is 4.74 Å². The highest BCUT2D eigenvalue weighted by Crippen LogP contribution is 1.97. The Labute approximate surface area is 106 Å². The van der Waals surface area contributed by atoms with Crippen molar-refractivity contribution in [2.45, 2.75) is 26.3 Å². The van der Waals surface area contributed by atoms with E-state index in [1.165, 1.54) is 6.42 Å². The third-order valence-electron chi connectivity index (χ3n) is 2.92. The Hall–Kier alpha value is -0.810. The van der Waals surface area contributed by atoms with Crippen molar-refractivity contribution in [2.75, 3.05) is 47.4 Å². The van der Waals surface area contributed by atoms with Gasteiger partial charge < -0.3 is 20.3 Å². The molecule has 0 radical (unpaired) electrons. The molecule has 1 atom stereocenters. The predicted molar refractivity (Wildman–Crippen MR) is 73.6 cm³/mol. The molecule has 1 unspecified atom stereocenters. The molecule has 0 fully saturated rings. The Kier molecular flexibility index (Phi) is 9.86. The highest BCUT2D eigenvalue weighted by molar-refractivity contribution is 5.79. The first-order valence-corrected chi connectivity index (χ1v) is 6.29. The van der Waals surface area contributed by atoms with Crippen LogP contribution in [0.15, 0.2) is 4.99 Å². The van der Waals surface area contributed by atoms with Crippen LogP contribution in [0.4, 0.5) is 0 Å². The maximum absolute atomic E-state index is 4.97. The standard InChI is InChI=1S/C12H28N4O/c1-6-11(2)16(4)9-7-14-12(13-3)15-8-10-17-5/h11H,6-10H2,1-5H3,(H2,13,14,15). The Balaban J connectivity index is 3.70. The third kappa shape index (κ3) is 7.99. The van der Waals surface area contributed by atoms with E-state index in [2.05, 4.69) is 41.4 Å². The van der Waals surface area contributed by atoms with Gasteiger partial charge in [-0.3, -0.25) is 4.99 Å². The largest absolute Gasteiger partial charge is 0.383 e. The monoisotopic (exact) mass is 244 g/mol. The minimum absolute atomic E-state index is 0.625. The van der Waals surface area contributed by atoms with Crippen molar-refractivity contribution in [3.05, 3.63) is 0 Å². The van der Waals surface area contributed by atoms with E-state index in [0.29, 0.717) is 12.6 Å². The number of nitrogens with zero attached hydrogens (tertiary/aromatic N) is 2. The van der Waals surface area contributed by atoms with Crippen LogP contribution < -0.4 is 10.6 Å². The highest BCUT2D eigenvalue weighted by atomic mass is 16.5. The molecule has 17 heavy (non-hydrogen) atoms. The molecule has 0 spiro atoms. The quantitative estimate of drug-likeness (QED) is 0.371. The smallest absolute Gasteiger partial charge is 0.191 e. The first kappa shape index (κ1) is 16.2. The van der Waals surface area contributed by atoms with E-state index in [4.69, 9.17) is 4.74 Å². The summed E-state index contributed by atoms with van der Waals surface area (Å²) in [4.78, 5) is 6.48. The molecule has 0 aliphatic rings. The van der Waals surface area contributed by atoms with Crippen molar-refractivity contribution in [3.63, 3.8) is 0 Å². The van der Waals surface area contributed by atoms with Crippen molar-refractivity contribution in [1.82, 2.24) is 15.5 Å². The summed E-state index contributed by atoms with van der Waals surface area (Å²) in [6.07, 6.45) is 1.18. The zero-order chi connectivity index (χ0) is 13.1. The molecule has 0 aliphatic carbocycles. The van der Waals surface area contributed by atoms with Crippen LogP contribution >= 0.6 is 0 Å². The van der Waals surface area contributed by atoms with Gasteiger partial charge in [0, 0.05) is 39.8 Å². The number of likely N-dealkylation sites (N-methyl/N-ethyl adjacent to an activating group) is 1. The molecule has 5 heteroatoms. The van der Waals surface area contributed by atoms with Crippen molar-refractivity contribution < 1.29 is 4.74 Å². The van der Waals surface area contributed by atoms with Crippen LogP contribution in [0.5, 0.6) is 0 Å². The van der Waals surface area contributed by atoms with E-state index >= 15 is 0 Å². The van der Waals surface area contributed by atoms with Gasteiger partial charge in [-0.05, 0) is 20.4 Å². The summed E-state index contributed by atoms with van der Waals surface area (Å²) in [5.74, 6) is 0.833. The summed E-state index contributed by atoms with van der Waals surface area (Å²) in [6, 6.07) is 0.625. The number of hydrogen-bond acceptors (Lipinski definition) is 3. The Morgan fingerprint density at radius 3 is 2.53 bits per heavy atom. The number of rotatable bonds is 8. The van der Waals surface area contributed by atoms with Gasteiger partial charge in [0.05, 0.1) is 6.61 Å². The average Bonchev–Trinajstić information content (AvgIpc) is 2.35. The fourth-order valence-electron chi connectivity index (χ4n) is 1.37. The first-order valence-electron chi connectivity index (χ1n) is 6.29. The lowest BCUT2D eigenvalue weighted by Crippen LogP contribution is -2.43. The van der Waals surface area contributed by atoms with E-state index in [-0.39, 0.29) is 0 Å². The molecular formula is C12H28N4O. The highest BCUT2D eigenvalue weighted by Gasteiger charge is 2.05. The molecule has 0 bridgehead atoms. The molecule has 0 saturated heterocycles. The lowest BCUT2D eigenvalue weighted by molar-refractivity contribution is 0.203. The fourth-order valence-corrected chi connectivity index (χ4v) is 1.37. The molecule has 0 aliphatic heterocycles. The van der Waals surface area contributed by atoms with Gasteiger partial charge in [0.1, 0.15) is 0 Å². The Morgan fingerprint density at radius 2 is 2.00 bits per heavy atom. The minimum Gasteiger partial charge on any atom is -0.383 e. The zero-order valence-corrected chi connectivity index (χ0v) is 11.9. The molecule has 0 aromatic rings. The maximum Gasteiger partial charge on any atom is 0.191 e. The summed E-state index contributed by atoms with van der Waals surface area (Å²) in [5, 5.41) is 6.46. The van der Waals surface area contributed by atoms with Crippen molar-refractivity contribution in [1.29, 1.82) is 0 Å². The lowest BCUT2D eigenvalue weighted by Gasteiger charge is -2.23. The van der Waals surface area contributed by atoms with Gasteiger partial charge in [-0.2, -0.15) is 0 Å². The molecule has 5 nitrogen and oxygen atoms in total. The first-order chi connectivity index (χ1) is 8.15. The van der Waals surface area contributed by atoms with Crippen LogP contribution in [0.25, 0.3) is 0 Å². The number of ether oxygens (including phenoxy) is 1. The normalized spacial score (nSPS) is 13.9. The van der Waals surface area contributed by atoms with E-state index in [9.17, 15) is 0 Å². The van der Waals surface area contributed by atoms with Gasteiger partial charge in [-0.15, -0.1) is 0 Å².